The molecular formula is C28H39N3O2. The number of rotatable bonds is 4. The first-order valence-corrected chi connectivity index (χ1v) is 13.3. The molecule has 0 unspecified atom stereocenters. The van der Waals surface area contributed by atoms with Crippen LogP contribution in [0.25, 0.3) is 0 Å². The van der Waals surface area contributed by atoms with Gasteiger partial charge in [0.05, 0.1) is 11.2 Å². The number of nitriles is 1. The second-order valence-electron chi connectivity index (χ2n) is 11.9. The van der Waals surface area contributed by atoms with Crippen LogP contribution in [0.15, 0.2) is 18.3 Å². The first-order chi connectivity index (χ1) is 15.9. The molecule has 1 aromatic heterocycles. The average Bonchev–Trinajstić information content (AvgIpc) is 3.16. The van der Waals surface area contributed by atoms with Gasteiger partial charge in [0.15, 0.2) is 0 Å². The van der Waals surface area contributed by atoms with Crippen molar-refractivity contribution in [2.45, 2.75) is 90.1 Å². The molecular weight excluding hydrogens is 410 g/mol. The maximum Gasteiger partial charge on any atom is 0.229 e. The Morgan fingerprint density at radius 1 is 1.15 bits per heavy atom. The van der Waals surface area contributed by atoms with Crippen molar-refractivity contribution >= 4 is 11.7 Å². The molecule has 5 rings (SSSR count). The number of anilines is 1. The standard InChI is InChI=1S/C28H39N3O2/c1-3-12-28(33)14-11-20-19(15-28)5-6-22-21(20)10-13-27(2)23(22)7-8-24(27)26(32)31-25-9-4-18(16-29)17-30-25/h4,9,17,19-24,33H,3,5-8,10-15H2,1-2H3,(H,30,31,32)/t19-,20+,21-,22-,23+,24-,27+,28-/m1/s1. The Morgan fingerprint density at radius 2 is 1.97 bits per heavy atom. The van der Waals surface area contributed by atoms with E-state index in [4.69, 9.17) is 5.26 Å². The monoisotopic (exact) mass is 449 g/mol. The molecule has 0 spiro atoms. The predicted octanol–water partition coefficient (Wildman–Crippen LogP) is 5.69. The van der Waals surface area contributed by atoms with Crippen LogP contribution in [0, 0.1) is 52.3 Å². The Bertz CT molecular complexity index is 924. The molecule has 0 bridgehead atoms. The Kier molecular flexibility index (Phi) is 6.02. The minimum absolute atomic E-state index is 0.0413. The van der Waals surface area contributed by atoms with E-state index in [0.29, 0.717) is 23.2 Å². The highest BCUT2D eigenvalue weighted by atomic mass is 16.3. The Labute approximate surface area is 198 Å². The Balaban J connectivity index is 1.27. The summed E-state index contributed by atoms with van der Waals surface area (Å²) in [4.78, 5) is 17.6. The van der Waals surface area contributed by atoms with E-state index in [1.165, 1.54) is 31.9 Å². The SMILES string of the molecule is CCC[C@@]1(O)CC[C@H]2[C@H](CC[C@@H]3[C@@H]2CC[C@]2(C)[C@@H](C(=O)Nc4ccc(C#N)cn4)CC[C@@H]32)C1. The first-order valence-electron chi connectivity index (χ1n) is 13.3. The normalized spacial score (nSPS) is 41.9. The fourth-order valence-corrected chi connectivity index (χ4v) is 8.83. The fraction of sp³-hybridized carbons (Fsp3) is 0.750. The van der Waals surface area contributed by atoms with Crippen molar-refractivity contribution in [3.63, 3.8) is 0 Å². The Morgan fingerprint density at radius 3 is 2.70 bits per heavy atom. The number of hydrogen-bond acceptors (Lipinski definition) is 4. The van der Waals surface area contributed by atoms with Crippen LogP contribution in [-0.4, -0.2) is 21.6 Å². The van der Waals surface area contributed by atoms with Gasteiger partial charge in [-0.1, -0.05) is 20.3 Å². The topological polar surface area (TPSA) is 86.0 Å². The van der Waals surface area contributed by atoms with Crippen LogP contribution in [0.2, 0.25) is 0 Å². The average molecular weight is 450 g/mol. The number of nitrogens with one attached hydrogen (secondary N) is 1. The zero-order chi connectivity index (χ0) is 23.2. The quantitative estimate of drug-likeness (QED) is 0.618. The summed E-state index contributed by atoms with van der Waals surface area (Å²) < 4.78 is 0. The summed E-state index contributed by atoms with van der Waals surface area (Å²) in [5.41, 5.74) is 0.162. The van der Waals surface area contributed by atoms with Gasteiger partial charge in [-0.15, -0.1) is 0 Å². The number of fused-ring (bicyclic) bond motifs is 5. The molecule has 1 heterocycles. The molecule has 0 radical (unpaired) electrons. The molecule has 5 nitrogen and oxygen atoms in total. The second kappa shape index (κ2) is 8.69. The van der Waals surface area contributed by atoms with Crippen molar-refractivity contribution in [1.82, 2.24) is 4.98 Å². The van der Waals surface area contributed by atoms with Crippen molar-refractivity contribution in [2.75, 3.05) is 5.32 Å². The number of carbonyl (C=O) groups is 1. The molecule has 0 aromatic carbocycles. The third kappa shape index (κ3) is 3.99. The minimum Gasteiger partial charge on any atom is -0.390 e. The van der Waals surface area contributed by atoms with Gasteiger partial charge in [0.1, 0.15) is 11.9 Å². The van der Waals surface area contributed by atoms with Crippen LogP contribution < -0.4 is 5.32 Å². The van der Waals surface area contributed by atoms with Crippen molar-refractivity contribution in [3.05, 3.63) is 23.9 Å². The lowest BCUT2D eigenvalue weighted by molar-refractivity contribution is -0.130. The van der Waals surface area contributed by atoms with E-state index in [0.717, 1.165) is 62.7 Å². The van der Waals surface area contributed by atoms with Gasteiger partial charge in [-0.25, -0.2) is 4.98 Å². The largest absolute Gasteiger partial charge is 0.390 e. The summed E-state index contributed by atoms with van der Waals surface area (Å²) in [5, 5.41) is 23.1. The van der Waals surface area contributed by atoms with Gasteiger partial charge in [0.2, 0.25) is 5.91 Å². The number of carbonyl (C=O) groups excluding carboxylic acids is 1. The maximum absolute atomic E-state index is 13.3. The number of nitrogens with zero attached hydrogens (tertiary/aromatic N) is 2. The molecule has 2 N–H and O–H groups in total. The summed E-state index contributed by atoms with van der Waals surface area (Å²) in [7, 11) is 0. The van der Waals surface area contributed by atoms with Crippen molar-refractivity contribution < 1.29 is 9.90 Å². The Hall–Kier alpha value is -1.93. The number of amides is 1. The molecule has 0 saturated heterocycles. The third-order valence-electron chi connectivity index (χ3n) is 10.3. The van der Waals surface area contributed by atoms with Crippen LogP contribution in [0.4, 0.5) is 5.82 Å². The van der Waals surface area contributed by atoms with E-state index < -0.39 is 5.60 Å². The molecule has 1 aromatic rings. The number of aromatic nitrogens is 1. The summed E-state index contributed by atoms with van der Waals surface area (Å²) in [6.07, 6.45) is 13.8. The van der Waals surface area contributed by atoms with Gasteiger partial charge in [-0.05, 0) is 111 Å². The van der Waals surface area contributed by atoms with Gasteiger partial charge in [0.25, 0.3) is 0 Å². The van der Waals surface area contributed by atoms with Gasteiger partial charge in [-0.3, -0.25) is 4.79 Å². The lowest BCUT2D eigenvalue weighted by Crippen LogP contribution is -2.51. The van der Waals surface area contributed by atoms with E-state index in [1.54, 1.807) is 12.1 Å². The highest BCUT2D eigenvalue weighted by molar-refractivity contribution is 5.92. The molecule has 4 aliphatic carbocycles. The highest BCUT2D eigenvalue weighted by Crippen LogP contribution is 2.64. The van der Waals surface area contributed by atoms with Crippen LogP contribution >= 0.6 is 0 Å². The lowest BCUT2D eigenvalue weighted by Gasteiger charge is -2.57. The third-order valence-corrected chi connectivity index (χ3v) is 10.3. The molecule has 33 heavy (non-hydrogen) atoms. The molecule has 1 amide bonds. The summed E-state index contributed by atoms with van der Waals surface area (Å²) in [5.74, 6) is 4.33. The fourth-order valence-electron chi connectivity index (χ4n) is 8.83. The highest BCUT2D eigenvalue weighted by Gasteiger charge is 2.59. The molecule has 4 fully saturated rings. The smallest absolute Gasteiger partial charge is 0.229 e. The predicted molar refractivity (Wildman–Crippen MR) is 128 cm³/mol. The van der Waals surface area contributed by atoms with Gasteiger partial charge < -0.3 is 10.4 Å². The van der Waals surface area contributed by atoms with Crippen molar-refractivity contribution in [3.8, 4) is 6.07 Å². The molecule has 4 aliphatic rings. The van der Waals surface area contributed by atoms with Crippen LogP contribution in [0.1, 0.15) is 90.0 Å². The van der Waals surface area contributed by atoms with Gasteiger partial charge in [-0.2, -0.15) is 5.26 Å². The lowest BCUT2D eigenvalue weighted by atomic mass is 9.49. The molecule has 178 valence electrons. The molecule has 8 atom stereocenters. The van der Waals surface area contributed by atoms with Gasteiger partial charge >= 0.3 is 0 Å². The number of pyridine rings is 1. The van der Waals surface area contributed by atoms with Crippen LogP contribution in [-0.2, 0) is 4.79 Å². The maximum atomic E-state index is 13.3. The number of aliphatic hydroxyl groups is 1. The molecule has 5 heteroatoms. The summed E-state index contributed by atoms with van der Waals surface area (Å²) in [6.45, 7) is 4.57. The number of hydrogen-bond donors (Lipinski definition) is 2. The van der Waals surface area contributed by atoms with Crippen LogP contribution in [0.5, 0.6) is 0 Å². The summed E-state index contributed by atoms with van der Waals surface area (Å²) in [6, 6.07) is 5.51. The second-order valence-corrected chi connectivity index (χ2v) is 11.9. The van der Waals surface area contributed by atoms with E-state index in [-0.39, 0.29) is 17.2 Å². The minimum atomic E-state index is -0.415. The van der Waals surface area contributed by atoms with Gasteiger partial charge in [0, 0.05) is 12.1 Å². The van der Waals surface area contributed by atoms with E-state index in [1.807, 2.05) is 0 Å². The van der Waals surface area contributed by atoms with Crippen molar-refractivity contribution in [2.24, 2.45) is 40.9 Å². The van der Waals surface area contributed by atoms with Crippen LogP contribution in [0.3, 0.4) is 0 Å². The van der Waals surface area contributed by atoms with E-state index in [2.05, 4.69) is 30.2 Å². The molecule has 4 saturated carbocycles. The zero-order valence-electron chi connectivity index (χ0n) is 20.2. The zero-order valence-corrected chi connectivity index (χ0v) is 20.2. The molecule has 0 aliphatic heterocycles. The van der Waals surface area contributed by atoms with E-state index in [9.17, 15) is 9.90 Å². The summed E-state index contributed by atoms with van der Waals surface area (Å²) >= 11 is 0. The van der Waals surface area contributed by atoms with Crippen molar-refractivity contribution in [1.29, 1.82) is 5.26 Å². The first kappa shape index (κ1) is 22.8. The van der Waals surface area contributed by atoms with E-state index >= 15 is 0 Å².